The van der Waals surface area contributed by atoms with Crippen LogP contribution in [-0.4, -0.2) is 12.5 Å². The second kappa shape index (κ2) is 6.34. The summed E-state index contributed by atoms with van der Waals surface area (Å²) in [5.41, 5.74) is 5.61. The average molecular weight is 217 g/mol. The van der Waals surface area contributed by atoms with Gasteiger partial charge >= 0.3 is 0 Å². The molecule has 0 radical (unpaired) electrons. The highest BCUT2D eigenvalue weighted by Gasteiger charge is 2.05. The van der Waals surface area contributed by atoms with Crippen molar-refractivity contribution in [2.24, 2.45) is 5.73 Å². The largest absolute Gasteiger partial charge is 1.00 e. The molecule has 4 nitrogen and oxygen atoms in total. The fourth-order valence-electron chi connectivity index (χ4n) is 0.945. The van der Waals surface area contributed by atoms with Gasteiger partial charge in [-0.1, -0.05) is 0 Å². The highest BCUT2D eigenvalue weighted by molar-refractivity contribution is 5.92. The number of amides is 1. The first-order valence-electron chi connectivity index (χ1n) is 4.10. The summed E-state index contributed by atoms with van der Waals surface area (Å²) in [5, 5.41) is 0. The van der Waals surface area contributed by atoms with Crippen molar-refractivity contribution in [2.75, 3.05) is 6.61 Å². The van der Waals surface area contributed by atoms with Crippen molar-refractivity contribution >= 4 is 5.91 Å². The zero-order valence-electron chi connectivity index (χ0n) is 7.94. The molecule has 0 saturated carbocycles. The lowest BCUT2D eigenvalue weighted by atomic mass is 10.3. The van der Waals surface area contributed by atoms with Gasteiger partial charge in [0.05, 0.1) is 6.61 Å². The minimum absolute atomic E-state index is 0. The molecule has 0 saturated heterocycles. The van der Waals surface area contributed by atoms with E-state index in [0.29, 0.717) is 18.9 Å². The molecule has 0 bridgehead atoms. The molecule has 0 aliphatic rings. The number of nitrogens with two attached hydrogens (primary N) is 1. The van der Waals surface area contributed by atoms with Gasteiger partial charge in [0.2, 0.25) is 0 Å². The molecule has 0 aliphatic carbocycles. The van der Waals surface area contributed by atoms with Crippen molar-refractivity contribution in [1.29, 1.82) is 0 Å². The number of pyridine rings is 1. The predicted molar refractivity (Wildman–Crippen MR) is 46.8 cm³/mol. The Morgan fingerprint density at radius 2 is 2.36 bits per heavy atom. The van der Waals surface area contributed by atoms with Crippen molar-refractivity contribution in [2.45, 2.75) is 13.7 Å². The predicted octanol–water partition coefficient (Wildman–Crippen LogP) is -2.93. The van der Waals surface area contributed by atoms with E-state index >= 15 is 0 Å². The molecule has 14 heavy (non-hydrogen) atoms. The maximum atomic E-state index is 10.8. The Labute approximate surface area is 89.1 Å². The standard InChI is InChI=1S/C9H12N2O2.ClH/c1-2-13-7-11-5-3-4-8(6-11)9(10)12;/h3-6H,2,7H2,1H3,(H-,10,12);1H. The number of hydrogen-bond donors (Lipinski definition) is 1. The number of carbonyl (C=O) groups is 1. The molecular weight excluding hydrogens is 204 g/mol. The van der Waals surface area contributed by atoms with Gasteiger partial charge in [0, 0.05) is 6.07 Å². The van der Waals surface area contributed by atoms with Gasteiger partial charge in [-0.15, -0.1) is 0 Å². The molecule has 0 unspecified atom stereocenters. The smallest absolute Gasteiger partial charge is 0.254 e. The Morgan fingerprint density at radius 3 is 2.93 bits per heavy atom. The summed E-state index contributed by atoms with van der Waals surface area (Å²) in [6.45, 7) is 3.00. The molecule has 0 aliphatic heterocycles. The third kappa shape index (κ3) is 3.72. The molecule has 1 amide bonds. The van der Waals surface area contributed by atoms with Gasteiger partial charge in [0.25, 0.3) is 12.6 Å². The maximum Gasteiger partial charge on any atom is 0.254 e. The molecule has 1 rings (SSSR count). The molecule has 0 fully saturated rings. The number of primary amides is 1. The van der Waals surface area contributed by atoms with E-state index in [1.807, 2.05) is 13.1 Å². The molecule has 1 aromatic rings. The summed E-state index contributed by atoms with van der Waals surface area (Å²) >= 11 is 0. The molecule has 5 heteroatoms. The van der Waals surface area contributed by atoms with Gasteiger partial charge in [0.15, 0.2) is 12.4 Å². The number of aromatic nitrogens is 1. The van der Waals surface area contributed by atoms with Crippen LogP contribution in [0.25, 0.3) is 0 Å². The van der Waals surface area contributed by atoms with E-state index in [2.05, 4.69) is 0 Å². The quantitative estimate of drug-likeness (QED) is 0.548. The molecular formula is C9H13ClN2O2. The van der Waals surface area contributed by atoms with Crippen LogP contribution in [0.2, 0.25) is 0 Å². The third-order valence-electron chi connectivity index (χ3n) is 1.59. The molecule has 1 heterocycles. The third-order valence-corrected chi connectivity index (χ3v) is 1.59. The van der Waals surface area contributed by atoms with E-state index in [4.69, 9.17) is 10.5 Å². The summed E-state index contributed by atoms with van der Waals surface area (Å²) < 4.78 is 6.93. The van der Waals surface area contributed by atoms with Gasteiger partial charge in [-0.3, -0.25) is 4.79 Å². The van der Waals surface area contributed by atoms with Gasteiger partial charge < -0.3 is 22.9 Å². The lowest BCUT2D eigenvalue weighted by molar-refractivity contribution is -0.732. The van der Waals surface area contributed by atoms with Crippen molar-refractivity contribution in [1.82, 2.24) is 0 Å². The fraction of sp³-hybridized carbons (Fsp3) is 0.333. The topological polar surface area (TPSA) is 56.2 Å². The highest BCUT2D eigenvalue weighted by Crippen LogP contribution is 1.91. The van der Waals surface area contributed by atoms with E-state index in [1.54, 1.807) is 22.9 Å². The molecule has 0 spiro atoms. The first-order chi connectivity index (χ1) is 6.24. The van der Waals surface area contributed by atoms with Crippen LogP contribution in [-0.2, 0) is 11.5 Å². The first-order valence-corrected chi connectivity index (χ1v) is 4.10. The molecule has 0 aromatic carbocycles. The highest BCUT2D eigenvalue weighted by atomic mass is 35.5. The minimum Gasteiger partial charge on any atom is -1.00 e. The van der Waals surface area contributed by atoms with Gasteiger partial charge in [-0.05, 0) is 13.0 Å². The summed E-state index contributed by atoms with van der Waals surface area (Å²) in [6, 6.07) is 3.43. The van der Waals surface area contributed by atoms with E-state index in [0.717, 1.165) is 0 Å². The lowest BCUT2D eigenvalue weighted by Gasteiger charge is -1.97. The lowest BCUT2D eigenvalue weighted by Crippen LogP contribution is -3.00. The van der Waals surface area contributed by atoms with Crippen LogP contribution in [0.3, 0.4) is 0 Å². The van der Waals surface area contributed by atoms with E-state index in [1.165, 1.54) is 0 Å². The number of nitrogens with zero attached hydrogens (tertiary/aromatic N) is 1. The normalized spacial score (nSPS) is 9.21. The number of halogens is 1. The Bertz CT molecular complexity index is 305. The minimum atomic E-state index is -0.425. The Balaban J connectivity index is 0.00000169. The molecule has 2 N–H and O–H groups in total. The Morgan fingerprint density at radius 1 is 1.64 bits per heavy atom. The first kappa shape index (κ1) is 12.9. The number of hydrogen-bond acceptors (Lipinski definition) is 2. The second-order valence-corrected chi connectivity index (χ2v) is 2.59. The van der Waals surface area contributed by atoms with Crippen LogP contribution in [0.5, 0.6) is 0 Å². The van der Waals surface area contributed by atoms with Crippen molar-refractivity contribution in [3.8, 4) is 0 Å². The van der Waals surface area contributed by atoms with Crippen molar-refractivity contribution < 1.29 is 26.5 Å². The molecule has 0 atom stereocenters. The Hall–Kier alpha value is -1.13. The molecule has 1 aromatic heterocycles. The van der Waals surface area contributed by atoms with Crippen LogP contribution in [0.1, 0.15) is 17.3 Å². The number of ether oxygens (including phenoxy) is 1. The van der Waals surface area contributed by atoms with Gasteiger partial charge in [-0.2, -0.15) is 4.57 Å². The van der Waals surface area contributed by atoms with Crippen LogP contribution in [0.4, 0.5) is 0 Å². The Kier molecular flexibility index (Phi) is 5.83. The van der Waals surface area contributed by atoms with Gasteiger partial charge in [-0.25, -0.2) is 0 Å². The van der Waals surface area contributed by atoms with Crippen molar-refractivity contribution in [3.63, 3.8) is 0 Å². The van der Waals surface area contributed by atoms with Crippen LogP contribution in [0, 0.1) is 0 Å². The molecule has 78 valence electrons. The SMILES string of the molecule is CCOC[n+]1cccc(C(N)=O)c1.[Cl-]. The van der Waals surface area contributed by atoms with Crippen LogP contribution in [0.15, 0.2) is 24.5 Å². The van der Waals surface area contributed by atoms with E-state index in [-0.39, 0.29) is 12.4 Å². The van der Waals surface area contributed by atoms with Gasteiger partial charge in [0.1, 0.15) is 5.56 Å². The summed E-state index contributed by atoms with van der Waals surface area (Å²) in [5.74, 6) is -0.425. The summed E-state index contributed by atoms with van der Waals surface area (Å²) in [4.78, 5) is 10.8. The van der Waals surface area contributed by atoms with Crippen LogP contribution >= 0.6 is 0 Å². The zero-order chi connectivity index (χ0) is 9.68. The average Bonchev–Trinajstić information content (AvgIpc) is 2.15. The van der Waals surface area contributed by atoms with E-state index < -0.39 is 5.91 Å². The van der Waals surface area contributed by atoms with E-state index in [9.17, 15) is 4.79 Å². The summed E-state index contributed by atoms with van der Waals surface area (Å²) in [7, 11) is 0. The fourth-order valence-corrected chi connectivity index (χ4v) is 0.945. The van der Waals surface area contributed by atoms with Crippen LogP contribution < -0.4 is 22.7 Å². The summed E-state index contributed by atoms with van der Waals surface area (Å²) in [6.07, 6.45) is 3.49. The monoisotopic (exact) mass is 216 g/mol. The second-order valence-electron chi connectivity index (χ2n) is 2.59. The maximum absolute atomic E-state index is 10.8. The van der Waals surface area contributed by atoms with Crippen molar-refractivity contribution in [3.05, 3.63) is 30.1 Å². The zero-order valence-corrected chi connectivity index (χ0v) is 8.70. The number of carbonyl (C=O) groups excluding carboxylic acids is 1. The number of rotatable bonds is 4.